The molecule has 1 aromatic carbocycles. The average molecular weight is 285 g/mol. The molecule has 0 amide bonds. The van der Waals surface area contributed by atoms with Gasteiger partial charge in [-0.1, -0.05) is 12.1 Å². The number of aryl methyl sites for hydroxylation is 1. The van der Waals surface area contributed by atoms with Gasteiger partial charge in [0, 0.05) is 37.1 Å². The molecular weight excluding hydrogens is 266 g/mol. The van der Waals surface area contributed by atoms with Crippen LogP contribution in [-0.4, -0.2) is 16.5 Å². The molecule has 0 aliphatic heterocycles. The Hall–Kier alpha value is -2.14. The van der Waals surface area contributed by atoms with Crippen LogP contribution in [0.25, 0.3) is 0 Å². The van der Waals surface area contributed by atoms with Gasteiger partial charge in [-0.25, -0.2) is 0 Å². The summed E-state index contributed by atoms with van der Waals surface area (Å²) in [6.07, 6.45) is 7.85. The maximum Gasteiger partial charge on any atom is 0.269 e. The summed E-state index contributed by atoms with van der Waals surface area (Å²) in [6.45, 7) is 0.672. The summed E-state index contributed by atoms with van der Waals surface area (Å²) in [5.41, 5.74) is 3.87. The Morgan fingerprint density at radius 2 is 2.29 bits per heavy atom. The summed E-state index contributed by atoms with van der Waals surface area (Å²) in [6, 6.07) is 7.28. The Labute approximate surface area is 123 Å². The molecule has 1 aliphatic carbocycles. The molecule has 0 fully saturated rings. The van der Waals surface area contributed by atoms with E-state index in [1.165, 1.54) is 30.0 Å². The molecule has 0 saturated carbocycles. The van der Waals surface area contributed by atoms with Crippen LogP contribution in [0.1, 0.15) is 35.6 Å². The highest BCUT2D eigenvalue weighted by atomic mass is 16.6. The molecular formula is C16H19N3O2. The number of nitrogens with zero attached hydrogens (tertiary/aromatic N) is 2. The average Bonchev–Trinajstić information content (AvgIpc) is 2.89. The Morgan fingerprint density at radius 1 is 1.43 bits per heavy atom. The standard InChI is InChI=1S/C16H19N3O2/c1-17-16-7-3-5-13-10-18(11-15(13)16)9-12-4-2-6-14(8-12)19(20)21/h2,4,6,8,10-11,16-17H,3,5,7,9H2,1H3. The molecule has 0 bridgehead atoms. The molecule has 0 radical (unpaired) electrons. The van der Waals surface area contributed by atoms with E-state index in [4.69, 9.17) is 0 Å². The number of benzene rings is 1. The van der Waals surface area contributed by atoms with E-state index in [0.717, 1.165) is 12.0 Å². The van der Waals surface area contributed by atoms with Crippen LogP contribution in [0.5, 0.6) is 0 Å². The second-order valence-corrected chi connectivity index (χ2v) is 5.57. The monoisotopic (exact) mass is 285 g/mol. The van der Waals surface area contributed by atoms with Gasteiger partial charge in [0.15, 0.2) is 0 Å². The van der Waals surface area contributed by atoms with Gasteiger partial charge in [-0.3, -0.25) is 10.1 Å². The van der Waals surface area contributed by atoms with Crippen LogP contribution >= 0.6 is 0 Å². The lowest BCUT2D eigenvalue weighted by Crippen LogP contribution is -2.20. The molecule has 0 spiro atoms. The summed E-state index contributed by atoms with van der Waals surface area (Å²) >= 11 is 0. The van der Waals surface area contributed by atoms with Crippen LogP contribution in [0, 0.1) is 10.1 Å². The molecule has 1 aliphatic rings. The van der Waals surface area contributed by atoms with Crippen molar-refractivity contribution in [3.05, 3.63) is 63.5 Å². The van der Waals surface area contributed by atoms with Gasteiger partial charge in [-0.2, -0.15) is 0 Å². The Balaban J connectivity index is 1.84. The summed E-state index contributed by atoms with van der Waals surface area (Å²) in [5.74, 6) is 0. The number of rotatable bonds is 4. The minimum absolute atomic E-state index is 0.150. The van der Waals surface area contributed by atoms with Gasteiger partial charge in [-0.15, -0.1) is 0 Å². The smallest absolute Gasteiger partial charge is 0.269 e. The molecule has 3 rings (SSSR count). The molecule has 1 unspecified atom stereocenters. The second-order valence-electron chi connectivity index (χ2n) is 5.57. The third kappa shape index (κ3) is 2.83. The normalized spacial score (nSPS) is 17.5. The molecule has 1 N–H and O–H groups in total. The molecule has 1 atom stereocenters. The minimum Gasteiger partial charge on any atom is -0.349 e. The lowest BCUT2D eigenvalue weighted by atomic mass is 9.91. The fraction of sp³-hybridized carbons (Fsp3) is 0.375. The van der Waals surface area contributed by atoms with Crippen LogP contribution in [0.4, 0.5) is 5.69 Å². The molecule has 110 valence electrons. The molecule has 21 heavy (non-hydrogen) atoms. The zero-order chi connectivity index (χ0) is 14.8. The molecule has 0 saturated heterocycles. The SMILES string of the molecule is CNC1CCCc2cn(Cc3cccc([N+](=O)[O-])c3)cc21. The topological polar surface area (TPSA) is 60.1 Å². The second kappa shape index (κ2) is 5.69. The number of aromatic nitrogens is 1. The van der Waals surface area contributed by atoms with E-state index in [9.17, 15) is 10.1 Å². The van der Waals surface area contributed by atoms with E-state index >= 15 is 0 Å². The van der Waals surface area contributed by atoms with Gasteiger partial charge in [0.1, 0.15) is 0 Å². The van der Waals surface area contributed by atoms with Gasteiger partial charge in [-0.05, 0) is 43.0 Å². The fourth-order valence-electron chi connectivity index (χ4n) is 3.12. The lowest BCUT2D eigenvalue weighted by Gasteiger charge is -2.21. The Morgan fingerprint density at radius 3 is 3.05 bits per heavy atom. The van der Waals surface area contributed by atoms with E-state index in [1.807, 2.05) is 13.1 Å². The van der Waals surface area contributed by atoms with Crippen molar-refractivity contribution in [1.29, 1.82) is 0 Å². The maximum absolute atomic E-state index is 10.8. The minimum atomic E-state index is -0.346. The van der Waals surface area contributed by atoms with Crippen molar-refractivity contribution in [3.63, 3.8) is 0 Å². The lowest BCUT2D eigenvalue weighted by molar-refractivity contribution is -0.384. The van der Waals surface area contributed by atoms with Crippen molar-refractivity contribution in [2.24, 2.45) is 0 Å². The Kier molecular flexibility index (Phi) is 3.75. The summed E-state index contributed by atoms with van der Waals surface area (Å²) in [4.78, 5) is 10.5. The first-order chi connectivity index (χ1) is 10.2. The van der Waals surface area contributed by atoms with Crippen molar-refractivity contribution in [1.82, 2.24) is 9.88 Å². The third-order valence-electron chi connectivity index (χ3n) is 4.15. The maximum atomic E-state index is 10.8. The van der Waals surface area contributed by atoms with Gasteiger partial charge in [0.2, 0.25) is 0 Å². The number of fused-ring (bicyclic) bond motifs is 1. The zero-order valence-electron chi connectivity index (χ0n) is 12.1. The summed E-state index contributed by atoms with van der Waals surface area (Å²) in [5, 5.41) is 14.2. The van der Waals surface area contributed by atoms with Gasteiger partial charge in [0.25, 0.3) is 5.69 Å². The van der Waals surface area contributed by atoms with Crippen LogP contribution in [0.15, 0.2) is 36.7 Å². The van der Waals surface area contributed by atoms with Gasteiger partial charge in [0.05, 0.1) is 4.92 Å². The predicted octanol–water partition coefficient (Wildman–Crippen LogP) is 3.04. The van der Waals surface area contributed by atoms with E-state index in [2.05, 4.69) is 22.3 Å². The Bertz CT molecular complexity index is 663. The largest absolute Gasteiger partial charge is 0.349 e. The predicted molar refractivity (Wildman–Crippen MR) is 81.4 cm³/mol. The number of non-ortho nitro benzene ring substituents is 1. The van der Waals surface area contributed by atoms with Crippen LogP contribution in [0.3, 0.4) is 0 Å². The van der Waals surface area contributed by atoms with Crippen LogP contribution in [-0.2, 0) is 13.0 Å². The molecule has 5 heteroatoms. The molecule has 1 aromatic heterocycles. The third-order valence-corrected chi connectivity index (χ3v) is 4.15. The highest BCUT2D eigenvalue weighted by molar-refractivity contribution is 5.35. The first-order valence-electron chi connectivity index (χ1n) is 7.26. The number of nitro benzene ring substituents is 1. The van der Waals surface area contributed by atoms with Crippen molar-refractivity contribution >= 4 is 5.69 Å². The number of nitrogens with one attached hydrogen (secondary N) is 1. The van der Waals surface area contributed by atoms with E-state index in [-0.39, 0.29) is 10.6 Å². The number of hydrogen-bond acceptors (Lipinski definition) is 3. The molecule has 2 aromatic rings. The van der Waals surface area contributed by atoms with Crippen molar-refractivity contribution in [2.75, 3.05) is 7.05 Å². The fourth-order valence-corrected chi connectivity index (χ4v) is 3.12. The molecule has 5 nitrogen and oxygen atoms in total. The first kappa shape index (κ1) is 13.8. The number of nitro groups is 1. The van der Waals surface area contributed by atoms with E-state index in [1.54, 1.807) is 12.1 Å². The van der Waals surface area contributed by atoms with E-state index < -0.39 is 0 Å². The van der Waals surface area contributed by atoms with E-state index in [0.29, 0.717) is 12.6 Å². The highest BCUT2D eigenvalue weighted by Gasteiger charge is 2.20. The first-order valence-corrected chi connectivity index (χ1v) is 7.26. The summed E-state index contributed by atoms with van der Waals surface area (Å²) in [7, 11) is 2.00. The quantitative estimate of drug-likeness (QED) is 0.694. The van der Waals surface area contributed by atoms with Crippen molar-refractivity contribution in [2.45, 2.75) is 31.8 Å². The zero-order valence-corrected chi connectivity index (χ0v) is 12.1. The van der Waals surface area contributed by atoms with Gasteiger partial charge < -0.3 is 9.88 Å². The van der Waals surface area contributed by atoms with Crippen molar-refractivity contribution < 1.29 is 4.92 Å². The van der Waals surface area contributed by atoms with Crippen LogP contribution < -0.4 is 5.32 Å². The van der Waals surface area contributed by atoms with Gasteiger partial charge >= 0.3 is 0 Å². The van der Waals surface area contributed by atoms with Crippen LogP contribution in [0.2, 0.25) is 0 Å². The number of hydrogen-bond donors (Lipinski definition) is 1. The van der Waals surface area contributed by atoms with Crippen molar-refractivity contribution in [3.8, 4) is 0 Å². The summed E-state index contributed by atoms with van der Waals surface area (Å²) < 4.78 is 2.14. The molecule has 1 heterocycles. The highest BCUT2D eigenvalue weighted by Crippen LogP contribution is 2.30.